The van der Waals surface area contributed by atoms with Gasteiger partial charge in [0, 0.05) is 17.6 Å². The first-order chi connectivity index (χ1) is 9.93. The van der Waals surface area contributed by atoms with E-state index in [1.165, 1.54) is 0 Å². The summed E-state index contributed by atoms with van der Waals surface area (Å²) in [7, 11) is 5.60. The number of anilines is 1. The van der Waals surface area contributed by atoms with Gasteiger partial charge in [-0.15, -0.1) is 0 Å². The van der Waals surface area contributed by atoms with E-state index in [0.717, 1.165) is 24.2 Å². The molecule has 2 N–H and O–H groups in total. The summed E-state index contributed by atoms with van der Waals surface area (Å²) in [6.45, 7) is 3.75. The van der Waals surface area contributed by atoms with Crippen molar-refractivity contribution in [3.05, 3.63) is 22.7 Å². The maximum absolute atomic E-state index is 11.8. The molecule has 0 aliphatic carbocycles. The van der Waals surface area contributed by atoms with Gasteiger partial charge in [0.25, 0.3) is 0 Å². The first-order valence-corrected chi connectivity index (χ1v) is 7.31. The smallest absolute Gasteiger partial charge is 0.239 e. The zero-order valence-corrected chi connectivity index (χ0v) is 13.9. The van der Waals surface area contributed by atoms with Crippen molar-refractivity contribution in [2.24, 2.45) is 0 Å². The van der Waals surface area contributed by atoms with Crippen LogP contribution in [0.3, 0.4) is 0 Å². The Morgan fingerprint density at radius 1 is 1.38 bits per heavy atom. The van der Waals surface area contributed by atoms with E-state index in [2.05, 4.69) is 15.5 Å². The Bertz CT molecular complexity index is 478. The van der Waals surface area contributed by atoms with Crippen molar-refractivity contribution in [3.63, 3.8) is 0 Å². The molecule has 0 heterocycles. The topological polar surface area (TPSA) is 53.6 Å². The van der Waals surface area contributed by atoms with Crippen molar-refractivity contribution in [2.75, 3.05) is 46.2 Å². The molecule has 0 aliphatic rings. The number of hydrogen-bond acceptors (Lipinski definition) is 4. The standard InChI is InChI=1S/C15H24ClN3O2/c1-11-8-13(14(21-4)9-12(11)16)18-10-15(20)17-6-5-7-19(2)3/h8-9,18H,5-7,10H2,1-4H3,(H,17,20). The van der Waals surface area contributed by atoms with E-state index in [1.54, 1.807) is 13.2 Å². The van der Waals surface area contributed by atoms with Crippen molar-refractivity contribution < 1.29 is 9.53 Å². The summed E-state index contributed by atoms with van der Waals surface area (Å²) < 4.78 is 5.25. The number of carbonyl (C=O) groups excluding carboxylic acids is 1. The van der Waals surface area contributed by atoms with Crippen LogP contribution in [-0.2, 0) is 4.79 Å². The lowest BCUT2D eigenvalue weighted by Crippen LogP contribution is -2.32. The van der Waals surface area contributed by atoms with Gasteiger partial charge in [0.2, 0.25) is 5.91 Å². The normalized spacial score (nSPS) is 10.6. The lowest BCUT2D eigenvalue weighted by molar-refractivity contribution is -0.119. The minimum Gasteiger partial charge on any atom is -0.495 e. The summed E-state index contributed by atoms with van der Waals surface area (Å²) in [5, 5.41) is 6.60. The van der Waals surface area contributed by atoms with E-state index in [-0.39, 0.29) is 12.5 Å². The van der Waals surface area contributed by atoms with Crippen LogP contribution in [0.5, 0.6) is 5.75 Å². The van der Waals surface area contributed by atoms with Crippen molar-refractivity contribution >= 4 is 23.2 Å². The number of amides is 1. The lowest BCUT2D eigenvalue weighted by Gasteiger charge is -2.13. The summed E-state index contributed by atoms with van der Waals surface area (Å²) in [6.07, 6.45) is 0.933. The molecule has 0 saturated carbocycles. The Hall–Kier alpha value is -1.46. The van der Waals surface area contributed by atoms with Gasteiger partial charge in [0.15, 0.2) is 0 Å². The highest BCUT2D eigenvalue weighted by Crippen LogP contribution is 2.30. The predicted octanol–water partition coefficient (Wildman–Crippen LogP) is 2.14. The molecule has 1 aromatic rings. The van der Waals surface area contributed by atoms with Crippen LogP contribution >= 0.6 is 11.6 Å². The molecule has 0 spiro atoms. The second-order valence-corrected chi connectivity index (χ2v) is 5.57. The van der Waals surface area contributed by atoms with Gasteiger partial charge in [0.05, 0.1) is 19.3 Å². The van der Waals surface area contributed by atoms with Gasteiger partial charge in [-0.3, -0.25) is 4.79 Å². The van der Waals surface area contributed by atoms with Gasteiger partial charge in [-0.25, -0.2) is 0 Å². The number of benzene rings is 1. The van der Waals surface area contributed by atoms with E-state index in [0.29, 0.717) is 17.3 Å². The van der Waals surface area contributed by atoms with Crippen LogP contribution in [0.15, 0.2) is 12.1 Å². The van der Waals surface area contributed by atoms with Crippen molar-refractivity contribution in [1.82, 2.24) is 10.2 Å². The van der Waals surface area contributed by atoms with Crippen molar-refractivity contribution in [1.29, 1.82) is 0 Å². The molecule has 118 valence electrons. The highest BCUT2D eigenvalue weighted by molar-refractivity contribution is 6.31. The molecule has 1 aromatic carbocycles. The average molecular weight is 314 g/mol. The molecular weight excluding hydrogens is 290 g/mol. The highest BCUT2D eigenvalue weighted by atomic mass is 35.5. The number of hydrogen-bond donors (Lipinski definition) is 2. The van der Waals surface area contributed by atoms with Crippen molar-refractivity contribution in [3.8, 4) is 5.75 Å². The van der Waals surface area contributed by atoms with Crippen LogP contribution in [-0.4, -0.2) is 51.6 Å². The maximum atomic E-state index is 11.8. The van der Waals surface area contributed by atoms with Crippen LogP contribution < -0.4 is 15.4 Å². The molecule has 0 bridgehead atoms. The number of halogens is 1. The molecule has 0 atom stereocenters. The number of methoxy groups -OCH3 is 1. The Morgan fingerprint density at radius 3 is 2.71 bits per heavy atom. The average Bonchev–Trinajstić information content (AvgIpc) is 2.44. The minimum atomic E-state index is -0.0385. The zero-order valence-electron chi connectivity index (χ0n) is 13.1. The second-order valence-electron chi connectivity index (χ2n) is 5.16. The summed E-state index contributed by atoms with van der Waals surface area (Å²) in [5.41, 5.74) is 1.70. The fourth-order valence-corrected chi connectivity index (χ4v) is 1.99. The SMILES string of the molecule is COc1cc(Cl)c(C)cc1NCC(=O)NCCCN(C)C. The monoisotopic (exact) mass is 313 g/mol. The molecule has 5 nitrogen and oxygen atoms in total. The van der Waals surface area contributed by atoms with Gasteiger partial charge in [0.1, 0.15) is 5.75 Å². The van der Waals surface area contributed by atoms with Gasteiger partial charge >= 0.3 is 0 Å². The van der Waals surface area contributed by atoms with Crippen LogP contribution in [0.1, 0.15) is 12.0 Å². The highest BCUT2D eigenvalue weighted by Gasteiger charge is 2.08. The Kier molecular flexibility index (Phi) is 7.32. The van der Waals surface area contributed by atoms with Crippen LogP contribution in [0.2, 0.25) is 5.02 Å². The molecule has 21 heavy (non-hydrogen) atoms. The van der Waals surface area contributed by atoms with Gasteiger partial charge in [-0.05, 0) is 45.6 Å². The third-order valence-electron chi connectivity index (χ3n) is 3.02. The molecule has 6 heteroatoms. The fraction of sp³-hybridized carbons (Fsp3) is 0.533. The summed E-state index contributed by atoms with van der Waals surface area (Å²) in [4.78, 5) is 13.8. The Balaban J connectivity index is 2.44. The molecular formula is C15H24ClN3O2. The molecule has 0 aromatic heterocycles. The third-order valence-corrected chi connectivity index (χ3v) is 3.43. The van der Waals surface area contributed by atoms with Crippen LogP contribution in [0.4, 0.5) is 5.69 Å². The second kappa shape index (κ2) is 8.74. The molecule has 0 aliphatic heterocycles. The number of nitrogens with zero attached hydrogens (tertiary/aromatic N) is 1. The van der Waals surface area contributed by atoms with Crippen molar-refractivity contribution in [2.45, 2.75) is 13.3 Å². The fourth-order valence-electron chi connectivity index (χ4n) is 1.83. The zero-order chi connectivity index (χ0) is 15.8. The molecule has 0 radical (unpaired) electrons. The molecule has 1 amide bonds. The lowest BCUT2D eigenvalue weighted by atomic mass is 10.2. The van der Waals surface area contributed by atoms with E-state index in [4.69, 9.17) is 16.3 Å². The third kappa shape index (κ3) is 6.23. The molecule has 0 fully saturated rings. The van der Waals surface area contributed by atoms with E-state index >= 15 is 0 Å². The molecule has 0 saturated heterocycles. The number of carbonyl (C=O) groups is 1. The van der Waals surface area contributed by atoms with E-state index < -0.39 is 0 Å². The quantitative estimate of drug-likeness (QED) is 0.722. The van der Waals surface area contributed by atoms with Crippen LogP contribution in [0.25, 0.3) is 0 Å². The first kappa shape index (κ1) is 17.6. The van der Waals surface area contributed by atoms with Gasteiger partial charge in [-0.2, -0.15) is 0 Å². The summed E-state index contributed by atoms with van der Waals surface area (Å²) in [5.74, 6) is 0.592. The number of ether oxygens (including phenoxy) is 1. The molecule has 0 unspecified atom stereocenters. The number of rotatable bonds is 8. The molecule has 1 rings (SSSR count). The maximum Gasteiger partial charge on any atom is 0.239 e. The van der Waals surface area contributed by atoms with E-state index in [1.807, 2.05) is 27.1 Å². The summed E-state index contributed by atoms with van der Waals surface area (Å²) in [6, 6.07) is 3.62. The first-order valence-electron chi connectivity index (χ1n) is 6.93. The van der Waals surface area contributed by atoms with Gasteiger partial charge in [-0.1, -0.05) is 11.6 Å². The minimum absolute atomic E-state index is 0.0385. The number of aryl methyl sites for hydroxylation is 1. The Labute approximate surface area is 131 Å². The predicted molar refractivity (Wildman–Crippen MR) is 87.4 cm³/mol. The largest absolute Gasteiger partial charge is 0.495 e. The van der Waals surface area contributed by atoms with Crippen LogP contribution in [0, 0.1) is 6.92 Å². The Morgan fingerprint density at radius 2 is 2.10 bits per heavy atom. The van der Waals surface area contributed by atoms with E-state index in [9.17, 15) is 4.79 Å². The van der Waals surface area contributed by atoms with Gasteiger partial charge < -0.3 is 20.3 Å². The number of nitrogens with one attached hydrogen (secondary N) is 2. The summed E-state index contributed by atoms with van der Waals surface area (Å²) >= 11 is 6.05.